The topological polar surface area (TPSA) is 12.0 Å². The van der Waals surface area contributed by atoms with Crippen LogP contribution in [0.25, 0.3) is 0 Å². The maximum absolute atomic E-state index is 3.97. The Morgan fingerprint density at radius 1 is 0.947 bits per heavy atom. The molecule has 0 aromatic heterocycles. The summed E-state index contributed by atoms with van der Waals surface area (Å²) in [7, 11) is 0. The molecule has 0 aromatic rings. The van der Waals surface area contributed by atoms with Crippen LogP contribution in [-0.2, 0) is 0 Å². The summed E-state index contributed by atoms with van der Waals surface area (Å²) in [5.41, 5.74) is 0. The average molecular weight is 282 g/mol. The summed E-state index contributed by atoms with van der Waals surface area (Å²) in [4.78, 5) is 0. The van der Waals surface area contributed by atoms with Crippen LogP contribution in [0.1, 0.15) is 70.6 Å². The molecule has 3 aliphatic carbocycles. The molecule has 3 rings (SSSR count). The van der Waals surface area contributed by atoms with E-state index in [1.165, 1.54) is 77.2 Å². The van der Waals surface area contributed by atoms with Gasteiger partial charge in [0, 0.05) is 17.3 Å². The van der Waals surface area contributed by atoms with E-state index in [2.05, 4.69) is 23.3 Å². The Labute approximate surface area is 123 Å². The number of hydrogen-bond acceptors (Lipinski definition) is 2. The van der Waals surface area contributed by atoms with Crippen LogP contribution in [0.4, 0.5) is 0 Å². The normalized spacial score (nSPS) is 35.2. The molecule has 1 nitrogen and oxygen atoms in total. The van der Waals surface area contributed by atoms with Crippen molar-refractivity contribution in [2.24, 2.45) is 11.8 Å². The number of thioether (sulfide) groups is 1. The van der Waals surface area contributed by atoms with E-state index < -0.39 is 0 Å². The lowest BCUT2D eigenvalue weighted by Gasteiger charge is -2.39. The predicted molar refractivity (Wildman–Crippen MR) is 85.8 cm³/mol. The Kier molecular flexibility index (Phi) is 4.79. The van der Waals surface area contributed by atoms with E-state index in [-0.39, 0.29) is 0 Å². The fraction of sp³-hybridized carbons (Fsp3) is 1.00. The van der Waals surface area contributed by atoms with Crippen molar-refractivity contribution < 1.29 is 0 Å². The van der Waals surface area contributed by atoms with Gasteiger partial charge in [-0.25, -0.2) is 0 Å². The lowest BCUT2D eigenvalue weighted by atomic mass is 9.82. The molecule has 0 aliphatic heterocycles. The van der Waals surface area contributed by atoms with E-state index in [1.807, 2.05) is 0 Å². The molecule has 3 aliphatic rings. The van der Waals surface area contributed by atoms with Gasteiger partial charge in [-0.1, -0.05) is 32.1 Å². The van der Waals surface area contributed by atoms with E-state index in [0.717, 1.165) is 17.9 Å². The summed E-state index contributed by atoms with van der Waals surface area (Å²) < 4.78 is 0.574. The molecule has 2 heteroatoms. The van der Waals surface area contributed by atoms with Gasteiger partial charge in [-0.2, -0.15) is 11.8 Å². The number of rotatable bonds is 5. The first kappa shape index (κ1) is 14.3. The minimum absolute atomic E-state index is 0.574. The van der Waals surface area contributed by atoms with Gasteiger partial charge in [0.05, 0.1) is 0 Å². The van der Waals surface area contributed by atoms with Crippen molar-refractivity contribution in [2.75, 3.05) is 12.8 Å². The van der Waals surface area contributed by atoms with Crippen molar-refractivity contribution >= 4 is 11.8 Å². The first-order valence-electron chi connectivity index (χ1n) is 8.60. The highest BCUT2D eigenvalue weighted by molar-refractivity contribution is 8.00. The molecule has 19 heavy (non-hydrogen) atoms. The van der Waals surface area contributed by atoms with Crippen LogP contribution in [0.3, 0.4) is 0 Å². The fourth-order valence-corrected chi connectivity index (χ4v) is 5.31. The molecule has 0 amide bonds. The van der Waals surface area contributed by atoms with Gasteiger partial charge in [-0.05, 0) is 56.6 Å². The van der Waals surface area contributed by atoms with Gasteiger partial charge in [0.2, 0.25) is 0 Å². The second kappa shape index (κ2) is 6.39. The van der Waals surface area contributed by atoms with Gasteiger partial charge < -0.3 is 5.32 Å². The molecule has 110 valence electrons. The van der Waals surface area contributed by atoms with E-state index in [4.69, 9.17) is 0 Å². The van der Waals surface area contributed by atoms with E-state index in [9.17, 15) is 0 Å². The van der Waals surface area contributed by atoms with Crippen LogP contribution in [-0.4, -0.2) is 23.6 Å². The second-order valence-corrected chi connectivity index (χ2v) is 8.56. The Hall–Kier alpha value is 0.310. The lowest BCUT2D eigenvalue weighted by molar-refractivity contribution is 0.249. The summed E-state index contributed by atoms with van der Waals surface area (Å²) in [6, 6.07) is 0.838. The third-order valence-corrected chi connectivity index (χ3v) is 7.33. The van der Waals surface area contributed by atoms with Crippen molar-refractivity contribution in [3.63, 3.8) is 0 Å². The van der Waals surface area contributed by atoms with E-state index >= 15 is 0 Å². The second-order valence-electron chi connectivity index (χ2n) is 7.29. The molecule has 3 saturated carbocycles. The molecule has 3 fully saturated rings. The first-order chi connectivity index (χ1) is 9.31. The van der Waals surface area contributed by atoms with E-state index in [0.29, 0.717) is 4.75 Å². The monoisotopic (exact) mass is 281 g/mol. The van der Waals surface area contributed by atoms with Gasteiger partial charge in [0.25, 0.3) is 0 Å². The molecule has 2 unspecified atom stereocenters. The first-order valence-corrected chi connectivity index (χ1v) is 9.82. The predicted octanol–water partition coefficient (Wildman–Crippen LogP) is 4.61. The van der Waals surface area contributed by atoms with Crippen molar-refractivity contribution in [1.82, 2.24) is 5.32 Å². The zero-order valence-electron chi connectivity index (χ0n) is 12.6. The van der Waals surface area contributed by atoms with E-state index in [1.54, 1.807) is 0 Å². The Morgan fingerprint density at radius 2 is 1.74 bits per heavy atom. The maximum Gasteiger partial charge on any atom is 0.0281 e. The largest absolute Gasteiger partial charge is 0.313 e. The molecule has 2 atom stereocenters. The van der Waals surface area contributed by atoms with Crippen molar-refractivity contribution in [1.29, 1.82) is 0 Å². The summed E-state index contributed by atoms with van der Waals surface area (Å²) in [6.45, 7) is 1.27. The fourth-order valence-electron chi connectivity index (χ4n) is 4.39. The standard InChI is InChI=1S/C17H31NS/c1-19-17(10-3-2-4-11-17)13-18-16-7-5-6-15(12-16)14-8-9-14/h14-16,18H,2-13H2,1H3. The summed E-state index contributed by atoms with van der Waals surface area (Å²) in [5.74, 6) is 2.19. The summed E-state index contributed by atoms with van der Waals surface area (Å²) >= 11 is 2.14. The van der Waals surface area contributed by atoms with Gasteiger partial charge in [-0.15, -0.1) is 0 Å². The molecule has 0 spiro atoms. The molecule has 0 bridgehead atoms. The molecule has 0 heterocycles. The van der Waals surface area contributed by atoms with Crippen LogP contribution < -0.4 is 5.32 Å². The van der Waals surface area contributed by atoms with Gasteiger partial charge in [-0.3, -0.25) is 0 Å². The van der Waals surface area contributed by atoms with Crippen LogP contribution in [0.5, 0.6) is 0 Å². The minimum Gasteiger partial charge on any atom is -0.313 e. The van der Waals surface area contributed by atoms with Crippen molar-refractivity contribution in [3.05, 3.63) is 0 Å². The highest BCUT2D eigenvalue weighted by Gasteiger charge is 2.36. The van der Waals surface area contributed by atoms with Crippen LogP contribution in [0.2, 0.25) is 0 Å². The van der Waals surface area contributed by atoms with Crippen LogP contribution in [0, 0.1) is 11.8 Å². The highest BCUT2D eigenvalue weighted by Crippen LogP contribution is 2.44. The van der Waals surface area contributed by atoms with Gasteiger partial charge >= 0.3 is 0 Å². The van der Waals surface area contributed by atoms with Gasteiger partial charge in [0.1, 0.15) is 0 Å². The number of hydrogen-bond donors (Lipinski definition) is 1. The summed E-state index contributed by atoms with van der Waals surface area (Å²) in [5, 5.41) is 3.97. The highest BCUT2D eigenvalue weighted by atomic mass is 32.2. The average Bonchev–Trinajstić information content (AvgIpc) is 3.31. The zero-order chi connectivity index (χ0) is 13.1. The Morgan fingerprint density at radius 3 is 2.42 bits per heavy atom. The molecule has 0 aromatic carbocycles. The molecule has 0 saturated heterocycles. The lowest BCUT2D eigenvalue weighted by Crippen LogP contribution is -2.45. The number of nitrogens with one attached hydrogen (secondary N) is 1. The van der Waals surface area contributed by atoms with Crippen molar-refractivity contribution in [3.8, 4) is 0 Å². The quantitative estimate of drug-likeness (QED) is 0.789. The third kappa shape index (κ3) is 3.69. The Balaban J connectivity index is 1.47. The molecule has 0 radical (unpaired) electrons. The zero-order valence-corrected chi connectivity index (χ0v) is 13.4. The summed E-state index contributed by atoms with van der Waals surface area (Å²) in [6.07, 6.45) is 18.6. The van der Waals surface area contributed by atoms with Gasteiger partial charge in [0.15, 0.2) is 0 Å². The van der Waals surface area contributed by atoms with Crippen molar-refractivity contribution in [2.45, 2.75) is 81.4 Å². The third-order valence-electron chi connectivity index (χ3n) is 5.91. The Bertz CT molecular complexity index is 281. The van der Waals surface area contributed by atoms with Crippen LogP contribution in [0.15, 0.2) is 0 Å². The maximum atomic E-state index is 3.97. The minimum atomic E-state index is 0.574. The van der Waals surface area contributed by atoms with Crippen LogP contribution >= 0.6 is 11.8 Å². The molecular weight excluding hydrogens is 250 g/mol. The molecule has 1 N–H and O–H groups in total. The SMILES string of the molecule is CSC1(CNC2CCCC(C3CC3)C2)CCCCC1. The molecular formula is C17H31NS. The smallest absolute Gasteiger partial charge is 0.0281 e.